The van der Waals surface area contributed by atoms with Crippen molar-refractivity contribution in [1.82, 2.24) is 110 Å². The number of imidazole rings is 2. The minimum absolute atomic E-state index is 0.00810. The van der Waals surface area contributed by atoms with Crippen LogP contribution in [0.15, 0.2) is 79.6 Å². The number of thioether (sulfide) groups is 1. The second kappa shape index (κ2) is 58.8. The van der Waals surface area contributed by atoms with Crippen molar-refractivity contribution in [3.05, 3.63) is 102 Å². The number of hydrogen-bond acceptors (Lipinski definition) is 28. The van der Waals surface area contributed by atoms with Crippen LogP contribution in [-0.4, -0.2) is 309 Å². The third kappa shape index (κ3) is 41.3. The summed E-state index contributed by atoms with van der Waals surface area (Å²) in [4.78, 5) is 252. The summed E-state index contributed by atoms with van der Waals surface area (Å²) in [5.74, 6) is -21.1. The largest absolute Gasteiger partial charge is 0.508 e. The molecular weight excluding hydrogens is 1820 g/mol. The Balaban J connectivity index is 1.56. The van der Waals surface area contributed by atoms with Gasteiger partial charge in [0.2, 0.25) is 88.6 Å². The van der Waals surface area contributed by atoms with Gasteiger partial charge in [-0.3, -0.25) is 87.5 Å². The van der Waals surface area contributed by atoms with Gasteiger partial charge in [0.1, 0.15) is 96.4 Å². The van der Waals surface area contributed by atoms with Crippen molar-refractivity contribution in [3.8, 4) is 5.75 Å². The number of rotatable bonds is 61. The lowest BCUT2D eigenvalue weighted by Crippen LogP contribution is -2.63. The number of H-pyrrole nitrogens is 2. The Morgan fingerprint density at radius 1 is 0.426 bits per heavy atom. The summed E-state index contributed by atoms with van der Waals surface area (Å²) in [6.45, 7) is 12.0. The zero-order valence-electron chi connectivity index (χ0n) is 77.3. The highest BCUT2D eigenvalue weighted by atomic mass is 32.2. The minimum atomic E-state index is -2.05. The average Bonchev–Trinajstić information content (AvgIpc) is 1.25. The molecular formula is C85H132N26O23S2. The normalized spacial score (nSPS) is 15.2. The number of benzene rings is 2. The summed E-state index contributed by atoms with van der Waals surface area (Å²) >= 11 is 5.62. The third-order valence-electron chi connectivity index (χ3n) is 20.8. The molecule has 15 amide bonds. The molecule has 752 valence electrons. The van der Waals surface area contributed by atoms with E-state index in [9.17, 15) is 112 Å². The smallest absolute Gasteiger partial charge is 0.326 e. The first-order valence-electron chi connectivity index (χ1n) is 43.9. The Hall–Kier alpha value is -13.3. The molecule has 0 unspecified atom stereocenters. The number of aliphatic hydroxyl groups excluding tert-OH is 3. The van der Waals surface area contributed by atoms with Crippen LogP contribution in [0, 0.1) is 28.6 Å². The van der Waals surface area contributed by atoms with Crippen LogP contribution in [0.2, 0.25) is 0 Å². The van der Waals surface area contributed by atoms with Gasteiger partial charge in [0.25, 0.3) is 0 Å². The molecule has 0 saturated heterocycles. The van der Waals surface area contributed by atoms with E-state index in [1.807, 2.05) is 6.26 Å². The fourth-order valence-corrected chi connectivity index (χ4v) is 14.2. The van der Waals surface area contributed by atoms with E-state index in [0.29, 0.717) is 16.9 Å². The summed E-state index contributed by atoms with van der Waals surface area (Å²) in [5.41, 5.74) is 18.4. The Labute approximate surface area is 794 Å². The van der Waals surface area contributed by atoms with Gasteiger partial charge in [-0.1, -0.05) is 84.0 Å². The van der Waals surface area contributed by atoms with Gasteiger partial charge in [-0.2, -0.15) is 24.4 Å². The molecule has 2 aromatic carbocycles. The number of amides is 15. The number of carbonyl (C=O) groups is 17. The van der Waals surface area contributed by atoms with Crippen molar-refractivity contribution < 1.29 is 112 Å². The number of carbonyl (C=O) groups excluding carboxylic acids is 15. The molecule has 2 heterocycles. The molecule has 33 N–H and O–H groups in total. The first kappa shape index (κ1) is 115. The zero-order chi connectivity index (χ0) is 102. The van der Waals surface area contributed by atoms with E-state index in [1.165, 1.54) is 68.0 Å². The quantitative estimate of drug-likeness (QED) is 0.00845. The van der Waals surface area contributed by atoms with Crippen molar-refractivity contribution in [2.45, 2.75) is 248 Å². The second-order valence-electron chi connectivity index (χ2n) is 33.6. The summed E-state index contributed by atoms with van der Waals surface area (Å²) in [7, 11) is 0. The molecule has 0 bridgehead atoms. The van der Waals surface area contributed by atoms with Crippen molar-refractivity contribution in [3.63, 3.8) is 0 Å². The molecule has 0 fully saturated rings. The van der Waals surface area contributed by atoms with Crippen LogP contribution in [0.4, 0.5) is 0 Å². The lowest BCUT2D eigenvalue weighted by atomic mass is 10.00. The Bertz CT molecular complexity index is 4630. The third-order valence-corrected chi connectivity index (χ3v) is 21.8. The number of nitrogens with one attached hydrogen (secondary N) is 21. The first-order valence-corrected chi connectivity index (χ1v) is 45.9. The maximum absolute atomic E-state index is 14.9. The van der Waals surface area contributed by atoms with E-state index in [0.717, 1.165) is 13.8 Å². The molecule has 0 saturated carbocycles. The maximum atomic E-state index is 14.9. The number of aromatic amines is 2. The van der Waals surface area contributed by atoms with E-state index in [-0.39, 0.29) is 106 Å². The predicted molar refractivity (Wildman–Crippen MR) is 498 cm³/mol. The number of carboxylic acid groups (broad SMARTS) is 2. The van der Waals surface area contributed by atoms with Gasteiger partial charge in [-0.15, -0.1) is 0 Å². The van der Waals surface area contributed by atoms with Crippen molar-refractivity contribution in [2.75, 3.05) is 37.5 Å². The Morgan fingerprint density at radius 2 is 0.787 bits per heavy atom. The van der Waals surface area contributed by atoms with Gasteiger partial charge >= 0.3 is 11.9 Å². The lowest BCUT2D eigenvalue weighted by Gasteiger charge is -2.29. The highest BCUT2D eigenvalue weighted by molar-refractivity contribution is 7.98. The van der Waals surface area contributed by atoms with Gasteiger partial charge < -0.3 is 148 Å². The Kier molecular flexibility index (Phi) is 49.7. The topological polar surface area (TPSA) is 799 Å². The highest BCUT2D eigenvalue weighted by Gasteiger charge is 2.41. The van der Waals surface area contributed by atoms with E-state index < -0.39 is 253 Å². The molecule has 18 atom stereocenters. The number of hydrogen-bond donors (Lipinski definition) is 31. The standard InChI is InChI=1S/C85H132N26O23S2/c1-41(2)28-55(102-73(123)57(31-48-20-22-51(115)23-21-48)101-69(119)52(86)24-27-136-10)71(121)98-53(18-14-25-93-84(87)88)70(120)106-61(34-64(116)117)75(125)104-59(32-49-35-91-39-95-49)74(124)103-56(29-42(3)4)72(122)105-60(33-50-36-92-40-96-50)77(127)110-67(46(9)114)82(132)107-62(37-112)78(128)111-66(45(8)113)81(131)97-44(7)68(118)100-58(30-47-16-12-11-13-17-47)76(126)109-65(43(5)6)80(130)108-63(38-135)79(129)99-54(83(133)134)19-15-26-94-85(89)90/h11-13,16-17,20-23,35-36,39-46,52-63,65-67,112-115,135H,14-15,18-19,24-34,37-38,86H2,1-10H3,(H,91,95)(H,92,96)(H,97,131)(H,98,121)(H,99,129)(H,100,118)(H,101,119)(H,102,123)(H,103,124)(H,104,125)(H,105,122)(H,106,120)(H,107,132)(H,108,130)(H,109,126)(H,110,127)(H,111,128)(H,116,117)(H,133,134)(H4,87,88,93)(H4,89,90,94)/t44-,45+,46+,52-,53-,54-,55-,56-,57-,58-,59-,60-,61-,62-,63-,65-,66-,67-/m0/s1. The molecule has 2 aromatic heterocycles. The van der Waals surface area contributed by atoms with E-state index >= 15 is 0 Å². The van der Waals surface area contributed by atoms with Crippen molar-refractivity contribution in [1.29, 1.82) is 10.8 Å². The Morgan fingerprint density at radius 3 is 1.21 bits per heavy atom. The predicted octanol–water partition coefficient (Wildman–Crippen LogP) is -7.00. The molecule has 136 heavy (non-hydrogen) atoms. The number of aromatic hydroxyl groups is 1. The monoisotopic (exact) mass is 1950 g/mol. The van der Waals surface area contributed by atoms with E-state index in [2.05, 4.69) is 123 Å². The number of phenolic OH excluding ortho intramolecular Hbond substituents is 1. The van der Waals surface area contributed by atoms with Crippen LogP contribution in [-0.2, 0) is 107 Å². The number of nitrogens with zero attached hydrogens (tertiary/aromatic N) is 2. The number of guanidine groups is 2. The average molecular weight is 1950 g/mol. The van der Waals surface area contributed by atoms with Crippen molar-refractivity contribution >= 4 is 137 Å². The van der Waals surface area contributed by atoms with Gasteiger partial charge in [0, 0.05) is 68.3 Å². The van der Waals surface area contributed by atoms with Crippen LogP contribution in [0.5, 0.6) is 5.75 Å². The van der Waals surface area contributed by atoms with Crippen LogP contribution < -0.4 is 108 Å². The maximum Gasteiger partial charge on any atom is 0.326 e. The molecule has 4 aromatic rings. The molecule has 0 aliphatic carbocycles. The summed E-state index contributed by atoms with van der Waals surface area (Å²) < 4.78 is 0. The van der Waals surface area contributed by atoms with Gasteiger partial charge in [-0.25, -0.2) is 14.8 Å². The number of aromatic nitrogens is 4. The number of nitrogens with two attached hydrogens (primary N) is 3. The molecule has 51 heteroatoms. The zero-order valence-corrected chi connectivity index (χ0v) is 79.0. The van der Waals surface area contributed by atoms with E-state index in [4.69, 9.17) is 28.0 Å². The number of aliphatic carboxylic acids is 2. The molecule has 0 radical (unpaired) electrons. The summed E-state index contributed by atoms with van der Waals surface area (Å²) in [5, 5.41) is 120. The van der Waals surface area contributed by atoms with Crippen LogP contribution in [0.25, 0.3) is 0 Å². The summed E-state index contributed by atoms with van der Waals surface area (Å²) in [6.07, 6.45) is 0.592. The van der Waals surface area contributed by atoms with Crippen molar-refractivity contribution in [2.24, 2.45) is 35.0 Å². The fraction of sp³-hybridized carbons (Fsp3) is 0.565. The highest BCUT2D eigenvalue weighted by Crippen LogP contribution is 2.18. The molecule has 0 aliphatic heterocycles. The molecule has 4 rings (SSSR count). The molecule has 0 aliphatic rings. The lowest BCUT2D eigenvalue weighted by molar-refractivity contribution is -0.142. The number of aliphatic hydroxyl groups is 3. The van der Waals surface area contributed by atoms with Gasteiger partial charge in [-0.05, 0) is 119 Å². The number of carboxylic acids is 2. The number of thiol groups is 1. The van der Waals surface area contributed by atoms with E-state index in [1.54, 1.807) is 71.9 Å². The summed E-state index contributed by atoms with van der Waals surface area (Å²) in [6, 6.07) is -12.0. The van der Waals surface area contributed by atoms with Crippen LogP contribution in [0.1, 0.15) is 136 Å². The van der Waals surface area contributed by atoms with Gasteiger partial charge in [0.05, 0.1) is 43.9 Å². The van der Waals surface area contributed by atoms with Crippen LogP contribution in [0.3, 0.4) is 0 Å². The van der Waals surface area contributed by atoms with Crippen LogP contribution >= 0.6 is 24.4 Å². The molecule has 0 spiro atoms. The van der Waals surface area contributed by atoms with Gasteiger partial charge in [0.15, 0.2) is 11.9 Å². The fourth-order valence-electron chi connectivity index (χ4n) is 13.4. The number of phenols is 1. The molecule has 49 nitrogen and oxygen atoms in total. The SMILES string of the molecule is CSCC[C@H](N)C(=O)N[C@@H](Cc1ccc(O)cc1)C(=O)N[C@@H](CC(C)C)C(=O)N[C@@H](CCCNC(=N)N)C(=O)N[C@@H](CC(=O)O)C(=O)N[C@@H](Cc1cnc[nH]1)C(=O)N[C@@H](CC(C)C)C(=O)N[C@@H](Cc1cnc[nH]1)C(=O)N[C@H](C(=O)N[C@@H](CO)C(=O)N[C@H](C(=O)N[C@@H](C)C(=O)N[C@@H](Cc1ccccc1)C(=O)N[C@H](C(=O)N[C@@H](CS)C(=O)N[C@@H](CCCNC(=N)N)C(=O)O)C(C)C)[C@@H](C)O)[C@@H](C)O. The first-order chi connectivity index (χ1) is 64.1. The second-order valence-corrected chi connectivity index (χ2v) is 35.0. The minimum Gasteiger partial charge on any atom is -0.508 e.